The molecule has 0 aliphatic rings. The van der Waals surface area contributed by atoms with Crippen molar-refractivity contribution < 1.29 is 4.79 Å². The zero-order valence-electron chi connectivity index (χ0n) is 11.1. The molecule has 3 heteroatoms. The lowest BCUT2D eigenvalue weighted by molar-refractivity contribution is -0.120. The minimum Gasteiger partial charge on any atom is -0.353 e. The fourth-order valence-electron chi connectivity index (χ4n) is 1.65. The van der Waals surface area contributed by atoms with Crippen molar-refractivity contribution in [3.8, 4) is 0 Å². The van der Waals surface area contributed by atoms with Gasteiger partial charge < -0.3 is 10.6 Å². The van der Waals surface area contributed by atoms with E-state index in [0.717, 1.165) is 19.4 Å². The van der Waals surface area contributed by atoms with Crippen molar-refractivity contribution in [1.82, 2.24) is 10.6 Å². The van der Waals surface area contributed by atoms with Crippen LogP contribution in [-0.2, 0) is 4.79 Å². The number of carbonyl (C=O) groups excluding carboxylic acids is 1. The Hall–Kier alpha value is -0.570. The van der Waals surface area contributed by atoms with E-state index in [4.69, 9.17) is 0 Å². The molecule has 0 aromatic heterocycles. The molecular weight excluding hydrogens is 200 g/mol. The van der Waals surface area contributed by atoms with E-state index < -0.39 is 0 Å². The molecule has 0 radical (unpaired) electrons. The molecule has 0 aromatic rings. The summed E-state index contributed by atoms with van der Waals surface area (Å²) in [6.07, 6.45) is 7.24. The van der Waals surface area contributed by atoms with Crippen LogP contribution in [0.4, 0.5) is 0 Å². The number of carbonyl (C=O) groups is 1. The van der Waals surface area contributed by atoms with Gasteiger partial charge in [0, 0.05) is 6.04 Å². The quantitative estimate of drug-likeness (QED) is 0.564. The molecule has 2 N–H and O–H groups in total. The second-order valence-corrected chi connectivity index (χ2v) is 4.49. The predicted molar refractivity (Wildman–Crippen MR) is 69.5 cm³/mol. The highest BCUT2D eigenvalue weighted by molar-refractivity contribution is 5.78. The third-order valence-corrected chi connectivity index (χ3v) is 2.61. The fraction of sp³-hybridized carbons (Fsp3) is 0.923. The van der Waals surface area contributed by atoms with E-state index in [0.29, 0.717) is 12.6 Å². The SMILES string of the molecule is CCCCCCC(C)NC(=O)CNCCC. The van der Waals surface area contributed by atoms with E-state index in [1.807, 2.05) is 0 Å². The molecule has 1 atom stereocenters. The Morgan fingerprint density at radius 1 is 1.12 bits per heavy atom. The van der Waals surface area contributed by atoms with Gasteiger partial charge in [0.2, 0.25) is 5.91 Å². The molecule has 16 heavy (non-hydrogen) atoms. The Morgan fingerprint density at radius 2 is 1.88 bits per heavy atom. The van der Waals surface area contributed by atoms with Gasteiger partial charge in [-0.1, -0.05) is 39.5 Å². The minimum atomic E-state index is 0.122. The van der Waals surface area contributed by atoms with Gasteiger partial charge in [0.15, 0.2) is 0 Å². The van der Waals surface area contributed by atoms with Gasteiger partial charge in [0.1, 0.15) is 0 Å². The Morgan fingerprint density at radius 3 is 2.50 bits per heavy atom. The van der Waals surface area contributed by atoms with Crippen LogP contribution in [-0.4, -0.2) is 25.0 Å². The largest absolute Gasteiger partial charge is 0.353 e. The molecule has 96 valence electrons. The Kier molecular flexibility index (Phi) is 10.5. The summed E-state index contributed by atoms with van der Waals surface area (Å²) < 4.78 is 0. The molecule has 1 unspecified atom stereocenters. The lowest BCUT2D eigenvalue weighted by atomic mass is 10.1. The lowest BCUT2D eigenvalue weighted by Crippen LogP contribution is -2.39. The van der Waals surface area contributed by atoms with E-state index in [1.165, 1.54) is 25.7 Å². The molecule has 0 bridgehead atoms. The zero-order chi connectivity index (χ0) is 12.2. The summed E-state index contributed by atoms with van der Waals surface area (Å²) in [5.74, 6) is 0.122. The fourth-order valence-corrected chi connectivity index (χ4v) is 1.65. The van der Waals surface area contributed by atoms with Crippen LogP contribution in [0, 0.1) is 0 Å². The van der Waals surface area contributed by atoms with Gasteiger partial charge >= 0.3 is 0 Å². The maximum absolute atomic E-state index is 11.4. The normalized spacial score (nSPS) is 12.4. The molecule has 0 spiro atoms. The standard InChI is InChI=1S/C13H28N2O/c1-4-6-7-8-9-12(3)15-13(16)11-14-10-5-2/h12,14H,4-11H2,1-3H3,(H,15,16). The summed E-state index contributed by atoms with van der Waals surface area (Å²) in [4.78, 5) is 11.4. The first-order valence-corrected chi connectivity index (χ1v) is 6.70. The number of unbranched alkanes of at least 4 members (excludes halogenated alkanes) is 3. The van der Waals surface area contributed by atoms with Gasteiger partial charge in [0.25, 0.3) is 0 Å². The maximum Gasteiger partial charge on any atom is 0.234 e. The van der Waals surface area contributed by atoms with Crippen LogP contribution in [0.1, 0.15) is 59.3 Å². The highest BCUT2D eigenvalue weighted by atomic mass is 16.1. The molecule has 0 fully saturated rings. The highest BCUT2D eigenvalue weighted by Crippen LogP contribution is 2.04. The van der Waals surface area contributed by atoms with Gasteiger partial charge in [-0.3, -0.25) is 4.79 Å². The van der Waals surface area contributed by atoms with Crippen molar-refractivity contribution in [2.75, 3.05) is 13.1 Å². The minimum absolute atomic E-state index is 0.122. The third-order valence-electron chi connectivity index (χ3n) is 2.61. The molecule has 0 rings (SSSR count). The van der Waals surface area contributed by atoms with Crippen molar-refractivity contribution in [2.24, 2.45) is 0 Å². The average Bonchev–Trinajstić information content (AvgIpc) is 2.25. The van der Waals surface area contributed by atoms with E-state index in [2.05, 4.69) is 31.4 Å². The topological polar surface area (TPSA) is 41.1 Å². The van der Waals surface area contributed by atoms with Crippen molar-refractivity contribution in [3.05, 3.63) is 0 Å². The molecule has 0 aliphatic heterocycles. The maximum atomic E-state index is 11.4. The summed E-state index contributed by atoms with van der Waals surface area (Å²) in [6, 6.07) is 0.313. The smallest absolute Gasteiger partial charge is 0.234 e. The zero-order valence-corrected chi connectivity index (χ0v) is 11.1. The van der Waals surface area contributed by atoms with E-state index >= 15 is 0 Å². The van der Waals surface area contributed by atoms with Gasteiger partial charge in [0.05, 0.1) is 6.54 Å². The molecule has 1 amide bonds. The van der Waals surface area contributed by atoms with Crippen LogP contribution < -0.4 is 10.6 Å². The predicted octanol–water partition coefficient (Wildman–Crippen LogP) is 2.46. The molecule has 0 aliphatic carbocycles. The van der Waals surface area contributed by atoms with Crippen molar-refractivity contribution in [2.45, 2.75) is 65.3 Å². The average molecular weight is 228 g/mol. The first-order chi connectivity index (χ1) is 7.70. The van der Waals surface area contributed by atoms with Crippen molar-refractivity contribution in [3.63, 3.8) is 0 Å². The second kappa shape index (κ2) is 10.9. The summed E-state index contributed by atoms with van der Waals surface area (Å²) >= 11 is 0. The lowest BCUT2D eigenvalue weighted by Gasteiger charge is -2.13. The third kappa shape index (κ3) is 9.97. The van der Waals surface area contributed by atoms with Crippen LogP contribution in [0.2, 0.25) is 0 Å². The van der Waals surface area contributed by atoms with Gasteiger partial charge in [-0.2, -0.15) is 0 Å². The van der Waals surface area contributed by atoms with E-state index in [1.54, 1.807) is 0 Å². The number of amides is 1. The molecule has 0 aromatic carbocycles. The van der Waals surface area contributed by atoms with Gasteiger partial charge in [-0.25, -0.2) is 0 Å². The van der Waals surface area contributed by atoms with Crippen LogP contribution in [0.25, 0.3) is 0 Å². The molecule has 0 heterocycles. The van der Waals surface area contributed by atoms with E-state index in [9.17, 15) is 4.79 Å². The molecule has 0 saturated carbocycles. The summed E-state index contributed by atoms with van der Waals surface area (Å²) in [7, 11) is 0. The van der Waals surface area contributed by atoms with Crippen LogP contribution >= 0.6 is 0 Å². The van der Waals surface area contributed by atoms with Gasteiger partial charge in [-0.05, 0) is 26.3 Å². The second-order valence-electron chi connectivity index (χ2n) is 4.49. The monoisotopic (exact) mass is 228 g/mol. The Bertz CT molecular complexity index is 171. The number of nitrogens with one attached hydrogen (secondary N) is 2. The van der Waals surface area contributed by atoms with Crippen LogP contribution in [0.5, 0.6) is 0 Å². The summed E-state index contributed by atoms with van der Waals surface area (Å²) in [5, 5.41) is 6.12. The first-order valence-electron chi connectivity index (χ1n) is 6.70. The van der Waals surface area contributed by atoms with E-state index in [-0.39, 0.29) is 5.91 Å². The number of hydrogen-bond donors (Lipinski definition) is 2. The first kappa shape index (κ1) is 15.4. The van der Waals surface area contributed by atoms with Crippen LogP contribution in [0.15, 0.2) is 0 Å². The van der Waals surface area contributed by atoms with Crippen molar-refractivity contribution in [1.29, 1.82) is 0 Å². The molecular formula is C13H28N2O. The van der Waals surface area contributed by atoms with Crippen molar-refractivity contribution >= 4 is 5.91 Å². The molecule has 0 saturated heterocycles. The molecule has 3 nitrogen and oxygen atoms in total. The summed E-state index contributed by atoms with van der Waals surface area (Å²) in [6.45, 7) is 7.76. The summed E-state index contributed by atoms with van der Waals surface area (Å²) in [5.41, 5.74) is 0. The van der Waals surface area contributed by atoms with Crippen LogP contribution in [0.3, 0.4) is 0 Å². The number of rotatable bonds is 10. The highest BCUT2D eigenvalue weighted by Gasteiger charge is 2.05. The number of hydrogen-bond acceptors (Lipinski definition) is 2. The Balaban J connectivity index is 3.39. The Labute approximate surface area is 100 Å². The van der Waals surface area contributed by atoms with Gasteiger partial charge in [-0.15, -0.1) is 0 Å².